The molecule has 0 aliphatic heterocycles. The van der Waals surface area contributed by atoms with Crippen molar-refractivity contribution >= 4 is 10.0 Å². The molecule has 6 nitrogen and oxygen atoms in total. The van der Waals surface area contributed by atoms with Crippen molar-refractivity contribution in [3.8, 4) is 0 Å². The van der Waals surface area contributed by atoms with Gasteiger partial charge in [0.1, 0.15) is 0 Å². The molecular weight excluding hydrogens is 208 g/mol. The van der Waals surface area contributed by atoms with Crippen LogP contribution in [-0.4, -0.2) is 54.2 Å². The Hall–Kier alpha value is -0.210. The standard InChI is InChI=1S/C7H18N2O4S/c1-12-5-6-13-4-3-9-14(10,11)7-2-8/h9H,2-8H2,1H3. The lowest BCUT2D eigenvalue weighted by Gasteiger charge is -2.05. The minimum Gasteiger partial charge on any atom is -0.382 e. The average Bonchev–Trinajstić information content (AvgIpc) is 2.11. The van der Waals surface area contributed by atoms with Gasteiger partial charge in [-0.25, -0.2) is 13.1 Å². The number of hydrogen-bond acceptors (Lipinski definition) is 5. The molecular formula is C7H18N2O4S. The molecule has 0 radical (unpaired) electrons. The zero-order valence-electron chi connectivity index (χ0n) is 8.36. The summed E-state index contributed by atoms with van der Waals surface area (Å²) in [6, 6.07) is 0. The van der Waals surface area contributed by atoms with Gasteiger partial charge in [-0.1, -0.05) is 0 Å². The molecule has 0 aromatic heterocycles. The fourth-order valence-corrected chi connectivity index (χ4v) is 1.59. The predicted molar refractivity (Wildman–Crippen MR) is 53.5 cm³/mol. The summed E-state index contributed by atoms with van der Waals surface area (Å²) >= 11 is 0. The first-order valence-corrected chi connectivity index (χ1v) is 6.01. The van der Waals surface area contributed by atoms with Gasteiger partial charge in [0.05, 0.1) is 25.6 Å². The molecule has 0 aliphatic rings. The highest BCUT2D eigenvalue weighted by atomic mass is 32.2. The molecule has 0 unspecified atom stereocenters. The Morgan fingerprint density at radius 1 is 1.29 bits per heavy atom. The molecule has 0 spiro atoms. The van der Waals surface area contributed by atoms with E-state index in [2.05, 4.69) is 4.72 Å². The average molecular weight is 226 g/mol. The Kier molecular flexibility index (Phi) is 8.01. The SMILES string of the molecule is COCCOCCNS(=O)(=O)CCN. The Labute approximate surface area is 84.8 Å². The Morgan fingerprint density at radius 2 is 2.00 bits per heavy atom. The highest BCUT2D eigenvalue weighted by Crippen LogP contribution is 1.81. The smallest absolute Gasteiger partial charge is 0.212 e. The van der Waals surface area contributed by atoms with Crippen molar-refractivity contribution in [2.75, 3.05) is 45.8 Å². The number of nitrogens with two attached hydrogens (primary N) is 1. The van der Waals surface area contributed by atoms with Gasteiger partial charge in [-0.3, -0.25) is 0 Å². The van der Waals surface area contributed by atoms with E-state index in [4.69, 9.17) is 15.2 Å². The van der Waals surface area contributed by atoms with E-state index >= 15 is 0 Å². The monoisotopic (exact) mass is 226 g/mol. The van der Waals surface area contributed by atoms with Gasteiger partial charge in [-0.05, 0) is 0 Å². The Bertz CT molecular complexity index is 218. The maximum atomic E-state index is 11.0. The molecule has 0 saturated heterocycles. The highest BCUT2D eigenvalue weighted by molar-refractivity contribution is 7.89. The molecule has 0 rings (SSSR count). The molecule has 0 atom stereocenters. The van der Waals surface area contributed by atoms with Crippen molar-refractivity contribution in [1.29, 1.82) is 0 Å². The lowest BCUT2D eigenvalue weighted by molar-refractivity contribution is 0.0736. The number of sulfonamides is 1. The van der Waals surface area contributed by atoms with Gasteiger partial charge in [0.2, 0.25) is 10.0 Å². The van der Waals surface area contributed by atoms with Crippen molar-refractivity contribution in [2.24, 2.45) is 5.73 Å². The number of methoxy groups -OCH3 is 1. The van der Waals surface area contributed by atoms with Crippen LogP contribution in [0.15, 0.2) is 0 Å². The lowest BCUT2D eigenvalue weighted by atomic mass is 10.7. The number of nitrogens with one attached hydrogen (secondary N) is 1. The molecule has 14 heavy (non-hydrogen) atoms. The van der Waals surface area contributed by atoms with Crippen LogP contribution in [0.2, 0.25) is 0 Å². The lowest BCUT2D eigenvalue weighted by Crippen LogP contribution is -2.32. The minimum absolute atomic E-state index is 0.0505. The maximum Gasteiger partial charge on any atom is 0.212 e. The second kappa shape index (κ2) is 8.13. The topological polar surface area (TPSA) is 90.6 Å². The van der Waals surface area contributed by atoms with Gasteiger partial charge in [0.25, 0.3) is 0 Å². The summed E-state index contributed by atoms with van der Waals surface area (Å²) in [5, 5.41) is 0. The minimum atomic E-state index is -3.21. The molecule has 0 aliphatic carbocycles. The summed E-state index contributed by atoms with van der Waals surface area (Å²) in [6.07, 6.45) is 0. The molecule has 0 aromatic rings. The zero-order valence-corrected chi connectivity index (χ0v) is 9.18. The van der Waals surface area contributed by atoms with Crippen molar-refractivity contribution in [1.82, 2.24) is 4.72 Å². The fourth-order valence-electron chi connectivity index (χ4n) is 0.741. The van der Waals surface area contributed by atoms with Gasteiger partial charge in [-0.15, -0.1) is 0 Å². The number of ether oxygens (including phenoxy) is 2. The van der Waals surface area contributed by atoms with Crippen LogP contribution in [0.5, 0.6) is 0 Å². The van der Waals surface area contributed by atoms with Crippen molar-refractivity contribution in [3.63, 3.8) is 0 Å². The summed E-state index contributed by atoms with van der Waals surface area (Å²) in [7, 11) is -1.63. The molecule has 0 bridgehead atoms. The first-order valence-electron chi connectivity index (χ1n) is 4.36. The van der Waals surface area contributed by atoms with E-state index < -0.39 is 10.0 Å². The van der Waals surface area contributed by atoms with E-state index in [0.717, 1.165) is 0 Å². The maximum absolute atomic E-state index is 11.0. The van der Waals surface area contributed by atoms with E-state index in [1.165, 1.54) is 0 Å². The molecule has 0 saturated carbocycles. The molecule has 0 heterocycles. The van der Waals surface area contributed by atoms with Crippen LogP contribution in [0, 0.1) is 0 Å². The largest absolute Gasteiger partial charge is 0.382 e. The molecule has 0 amide bonds. The number of rotatable bonds is 9. The van der Waals surface area contributed by atoms with Crippen LogP contribution < -0.4 is 10.5 Å². The second-order valence-electron chi connectivity index (χ2n) is 2.61. The van der Waals surface area contributed by atoms with E-state index in [9.17, 15) is 8.42 Å². The fraction of sp³-hybridized carbons (Fsp3) is 1.00. The van der Waals surface area contributed by atoms with Crippen LogP contribution in [0.4, 0.5) is 0 Å². The summed E-state index contributed by atoms with van der Waals surface area (Å²) in [5.41, 5.74) is 5.12. The summed E-state index contributed by atoms with van der Waals surface area (Å²) in [6.45, 7) is 1.71. The van der Waals surface area contributed by atoms with Crippen molar-refractivity contribution in [3.05, 3.63) is 0 Å². The van der Waals surface area contributed by atoms with Gasteiger partial charge in [0.15, 0.2) is 0 Å². The van der Waals surface area contributed by atoms with E-state index in [1.54, 1.807) is 7.11 Å². The van der Waals surface area contributed by atoms with E-state index in [1.807, 2.05) is 0 Å². The molecule has 0 aromatic carbocycles. The van der Waals surface area contributed by atoms with Crippen LogP contribution >= 0.6 is 0 Å². The normalized spacial score (nSPS) is 11.9. The van der Waals surface area contributed by atoms with E-state index in [-0.39, 0.29) is 18.8 Å². The third-order valence-corrected chi connectivity index (χ3v) is 2.80. The summed E-state index contributed by atoms with van der Waals surface area (Å²) < 4.78 is 34.3. The summed E-state index contributed by atoms with van der Waals surface area (Å²) in [5.74, 6) is -0.0505. The molecule has 0 fully saturated rings. The van der Waals surface area contributed by atoms with E-state index in [0.29, 0.717) is 19.8 Å². The Balaban J connectivity index is 3.35. The Morgan fingerprint density at radius 3 is 2.57 bits per heavy atom. The van der Waals surface area contributed by atoms with Crippen molar-refractivity contribution < 1.29 is 17.9 Å². The van der Waals surface area contributed by atoms with Crippen LogP contribution in [0.25, 0.3) is 0 Å². The summed E-state index contributed by atoms with van der Waals surface area (Å²) in [4.78, 5) is 0. The van der Waals surface area contributed by atoms with Crippen LogP contribution in [0.1, 0.15) is 0 Å². The van der Waals surface area contributed by atoms with Gasteiger partial charge < -0.3 is 15.2 Å². The molecule has 7 heteroatoms. The first-order chi connectivity index (χ1) is 6.62. The van der Waals surface area contributed by atoms with Crippen LogP contribution in [0.3, 0.4) is 0 Å². The first kappa shape index (κ1) is 13.8. The number of hydrogen-bond donors (Lipinski definition) is 2. The van der Waals surface area contributed by atoms with Crippen molar-refractivity contribution in [2.45, 2.75) is 0 Å². The third-order valence-electron chi connectivity index (χ3n) is 1.39. The highest BCUT2D eigenvalue weighted by Gasteiger charge is 2.06. The third kappa shape index (κ3) is 8.39. The van der Waals surface area contributed by atoms with Crippen LogP contribution in [-0.2, 0) is 19.5 Å². The predicted octanol–water partition coefficient (Wildman–Crippen LogP) is -1.47. The second-order valence-corrected chi connectivity index (χ2v) is 4.53. The molecule has 86 valence electrons. The van der Waals surface area contributed by atoms with Gasteiger partial charge >= 0.3 is 0 Å². The van der Waals surface area contributed by atoms with Gasteiger partial charge in [-0.2, -0.15) is 0 Å². The molecule has 3 N–H and O–H groups in total. The zero-order chi connectivity index (χ0) is 10.9. The van der Waals surface area contributed by atoms with Gasteiger partial charge in [0, 0.05) is 20.2 Å². The quantitative estimate of drug-likeness (QED) is 0.468.